The predicted octanol–water partition coefficient (Wildman–Crippen LogP) is 0.427. The van der Waals surface area contributed by atoms with Crippen molar-refractivity contribution in [3.8, 4) is 0 Å². The number of nitrogens with zero attached hydrogens (tertiary/aromatic N) is 1. The normalized spacial score (nSPS) is 23.5. The van der Waals surface area contributed by atoms with E-state index in [0.717, 1.165) is 45.5 Å². The number of sulfonamides is 1. The van der Waals surface area contributed by atoms with Crippen molar-refractivity contribution in [2.75, 3.05) is 39.0 Å². The van der Waals surface area contributed by atoms with Gasteiger partial charge in [-0.2, -0.15) is 0 Å². The lowest BCUT2D eigenvalue weighted by Crippen LogP contribution is -2.34. The summed E-state index contributed by atoms with van der Waals surface area (Å²) >= 11 is 0. The Labute approximate surface area is 105 Å². The molecule has 1 aliphatic rings. The molecule has 0 aromatic heterocycles. The van der Waals surface area contributed by atoms with Gasteiger partial charge < -0.3 is 9.64 Å². The van der Waals surface area contributed by atoms with E-state index in [4.69, 9.17) is 4.74 Å². The Hall–Kier alpha value is -0.170. The highest BCUT2D eigenvalue weighted by molar-refractivity contribution is 7.88. The number of hydrogen-bond acceptors (Lipinski definition) is 4. The van der Waals surface area contributed by atoms with Gasteiger partial charge in [0, 0.05) is 26.2 Å². The lowest BCUT2D eigenvalue weighted by atomic mass is 10.2. The van der Waals surface area contributed by atoms with E-state index in [9.17, 15) is 8.42 Å². The van der Waals surface area contributed by atoms with Crippen LogP contribution in [-0.2, 0) is 14.8 Å². The van der Waals surface area contributed by atoms with Gasteiger partial charge in [-0.15, -0.1) is 0 Å². The predicted molar refractivity (Wildman–Crippen MR) is 68.6 cm³/mol. The Morgan fingerprint density at radius 3 is 2.88 bits per heavy atom. The van der Waals surface area contributed by atoms with Crippen LogP contribution in [0.15, 0.2) is 0 Å². The molecule has 0 saturated carbocycles. The van der Waals surface area contributed by atoms with Gasteiger partial charge in [-0.1, -0.05) is 6.92 Å². The van der Waals surface area contributed by atoms with E-state index >= 15 is 0 Å². The number of nitrogens with one attached hydrogen (secondary N) is 1. The van der Waals surface area contributed by atoms with E-state index in [1.807, 2.05) is 0 Å². The fraction of sp³-hybridized carbons (Fsp3) is 1.00. The van der Waals surface area contributed by atoms with Crippen molar-refractivity contribution in [3.05, 3.63) is 0 Å². The van der Waals surface area contributed by atoms with Crippen molar-refractivity contribution in [1.29, 1.82) is 0 Å². The van der Waals surface area contributed by atoms with Crippen molar-refractivity contribution in [1.82, 2.24) is 9.62 Å². The highest BCUT2D eigenvalue weighted by Gasteiger charge is 2.16. The summed E-state index contributed by atoms with van der Waals surface area (Å²) in [6.45, 7) is 6.45. The van der Waals surface area contributed by atoms with Crippen LogP contribution in [0.25, 0.3) is 0 Å². The SMILES string of the molecule is CCC1CN(CCCNS(C)(=O)=O)CCCO1. The van der Waals surface area contributed by atoms with E-state index < -0.39 is 10.0 Å². The maximum atomic E-state index is 10.9. The van der Waals surface area contributed by atoms with Crippen LogP contribution in [0.3, 0.4) is 0 Å². The summed E-state index contributed by atoms with van der Waals surface area (Å²) in [5, 5.41) is 0. The highest BCUT2D eigenvalue weighted by Crippen LogP contribution is 2.08. The lowest BCUT2D eigenvalue weighted by molar-refractivity contribution is 0.0519. The summed E-state index contributed by atoms with van der Waals surface area (Å²) in [5.41, 5.74) is 0. The first-order chi connectivity index (χ1) is 8.01. The van der Waals surface area contributed by atoms with Crippen molar-refractivity contribution in [3.63, 3.8) is 0 Å². The molecule has 1 atom stereocenters. The fourth-order valence-electron chi connectivity index (χ4n) is 1.98. The minimum Gasteiger partial charge on any atom is -0.377 e. The second-order valence-corrected chi connectivity index (χ2v) is 6.41. The van der Waals surface area contributed by atoms with Crippen LogP contribution in [-0.4, -0.2) is 58.5 Å². The molecule has 0 aromatic rings. The average molecular weight is 264 g/mol. The third-order valence-electron chi connectivity index (χ3n) is 2.90. The standard InChI is InChI=1S/C11H24N2O3S/c1-3-11-10-13(8-5-9-16-11)7-4-6-12-17(2,14)15/h11-12H,3-10H2,1-2H3. The quantitative estimate of drug-likeness (QED) is 0.707. The summed E-state index contributed by atoms with van der Waals surface area (Å²) < 4.78 is 30.0. The molecule has 0 amide bonds. The Morgan fingerprint density at radius 1 is 1.47 bits per heavy atom. The molecule has 1 fully saturated rings. The molecule has 0 radical (unpaired) electrons. The van der Waals surface area contributed by atoms with Gasteiger partial charge in [0.1, 0.15) is 0 Å². The molecule has 17 heavy (non-hydrogen) atoms. The molecule has 0 bridgehead atoms. The summed E-state index contributed by atoms with van der Waals surface area (Å²) in [7, 11) is -3.04. The van der Waals surface area contributed by atoms with Crippen LogP contribution in [0.1, 0.15) is 26.2 Å². The van der Waals surface area contributed by atoms with E-state index in [1.54, 1.807) is 0 Å². The first-order valence-corrected chi connectivity index (χ1v) is 8.19. The maximum absolute atomic E-state index is 10.9. The average Bonchev–Trinajstić information content (AvgIpc) is 2.48. The molecule has 0 spiro atoms. The first-order valence-electron chi connectivity index (χ1n) is 6.30. The van der Waals surface area contributed by atoms with Gasteiger partial charge in [0.15, 0.2) is 0 Å². The van der Waals surface area contributed by atoms with Gasteiger partial charge in [-0.25, -0.2) is 13.1 Å². The second-order valence-electron chi connectivity index (χ2n) is 4.58. The van der Waals surface area contributed by atoms with Gasteiger partial charge in [0.25, 0.3) is 0 Å². The van der Waals surface area contributed by atoms with Crippen molar-refractivity contribution < 1.29 is 13.2 Å². The number of rotatable bonds is 6. The zero-order chi connectivity index (χ0) is 12.7. The van der Waals surface area contributed by atoms with Crippen LogP contribution < -0.4 is 4.72 Å². The van der Waals surface area contributed by atoms with Gasteiger partial charge >= 0.3 is 0 Å². The lowest BCUT2D eigenvalue weighted by Gasteiger charge is -2.22. The minimum absolute atomic E-state index is 0.334. The van der Waals surface area contributed by atoms with Crippen LogP contribution in [0.5, 0.6) is 0 Å². The smallest absolute Gasteiger partial charge is 0.208 e. The Morgan fingerprint density at radius 2 is 2.24 bits per heavy atom. The molecule has 6 heteroatoms. The molecule has 1 heterocycles. The van der Waals surface area contributed by atoms with Crippen LogP contribution >= 0.6 is 0 Å². The van der Waals surface area contributed by atoms with Crippen molar-refractivity contribution in [2.45, 2.75) is 32.3 Å². The second kappa shape index (κ2) is 7.31. The molecule has 1 saturated heterocycles. The summed E-state index contributed by atoms with van der Waals surface area (Å²) in [6.07, 6.45) is 4.48. The van der Waals surface area contributed by atoms with Crippen LogP contribution in [0.2, 0.25) is 0 Å². The molecule has 1 unspecified atom stereocenters. The summed E-state index contributed by atoms with van der Waals surface area (Å²) in [5.74, 6) is 0. The van der Waals surface area contributed by atoms with E-state index in [2.05, 4.69) is 16.5 Å². The minimum atomic E-state index is -3.04. The van der Waals surface area contributed by atoms with Gasteiger partial charge in [0.05, 0.1) is 12.4 Å². The van der Waals surface area contributed by atoms with Crippen molar-refractivity contribution >= 4 is 10.0 Å². The van der Waals surface area contributed by atoms with Gasteiger partial charge in [0.2, 0.25) is 10.0 Å². The van der Waals surface area contributed by atoms with Gasteiger partial charge in [-0.05, 0) is 25.8 Å². The molecule has 1 aliphatic heterocycles. The Bertz CT molecular complexity index is 306. The van der Waals surface area contributed by atoms with E-state index in [0.29, 0.717) is 12.6 Å². The molecule has 102 valence electrons. The number of ether oxygens (including phenoxy) is 1. The fourth-order valence-corrected chi connectivity index (χ4v) is 2.50. The molecular weight excluding hydrogens is 240 g/mol. The van der Waals surface area contributed by atoms with E-state index in [1.165, 1.54) is 6.26 Å². The molecule has 1 rings (SSSR count). The van der Waals surface area contributed by atoms with Crippen LogP contribution in [0.4, 0.5) is 0 Å². The molecule has 5 nitrogen and oxygen atoms in total. The van der Waals surface area contributed by atoms with Crippen molar-refractivity contribution in [2.24, 2.45) is 0 Å². The third kappa shape index (κ3) is 6.98. The largest absolute Gasteiger partial charge is 0.377 e. The Kier molecular flexibility index (Phi) is 6.40. The van der Waals surface area contributed by atoms with Crippen LogP contribution in [0, 0.1) is 0 Å². The monoisotopic (exact) mass is 264 g/mol. The zero-order valence-corrected chi connectivity index (χ0v) is 11.6. The third-order valence-corrected chi connectivity index (χ3v) is 3.63. The number of hydrogen-bond donors (Lipinski definition) is 1. The first kappa shape index (κ1) is 14.9. The summed E-state index contributed by atoms with van der Waals surface area (Å²) in [4.78, 5) is 2.37. The topological polar surface area (TPSA) is 58.6 Å². The highest BCUT2D eigenvalue weighted by atomic mass is 32.2. The zero-order valence-electron chi connectivity index (χ0n) is 10.8. The molecule has 0 aromatic carbocycles. The summed E-state index contributed by atoms with van der Waals surface area (Å²) in [6, 6.07) is 0. The molecular formula is C11H24N2O3S. The molecule has 1 N–H and O–H groups in total. The molecule has 0 aliphatic carbocycles. The van der Waals surface area contributed by atoms with E-state index in [-0.39, 0.29) is 0 Å². The Balaban J connectivity index is 2.21. The maximum Gasteiger partial charge on any atom is 0.208 e. The van der Waals surface area contributed by atoms with Gasteiger partial charge in [-0.3, -0.25) is 0 Å².